The summed E-state index contributed by atoms with van der Waals surface area (Å²) in [5.41, 5.74) is 7.99. The molecule has 0 bridgehead atoms. The fraction of sp³-hybridized carbons (Fsp3) is 0.471. The Bertz CT molecular complexity index is 1130. The Morgan fingerprint density at radius 2 is 1.72 bits per heavy atom. The summed E-state index contributed by atoms with van der Waals surface area (Å²) < 4.78 is 11.3. The topological polar surface area (TPSA) is 18.5 Å². The molecule has 0 aliphatic rings. The van der Waals surface area contributed by atoms with Crippen molar-refractivity contribution in [3.8, 4) is 5.75 Å². The monoisotopic (exact) mass is 486 g/mol. The Morgan fingerprint density at radius 3 is 2.47 bits per heavy atom. The molecule has 0 saturated carbocycles. The van der Waals surface area contributed by atoms with E-state index in [2.05, 4.69) is 82.8 Å². The van der Waals surface area contributed by atoms with Crippen LogP contribution in [0.15, 0.2) is 60.7 Å². The van der Waals surface area contributed by atoms with Crippen molar-refractivity contribution < 1.29 is 9.47 Å². The normalized spacial score (nSPS) is 12.1. The van der Waals surface area contributed by atoms with E-state index in [1.807, 2.05) is 0 Å². The van der Waals surface area contributed by atoms with Crippen LogP contribution in [-0.2, 0) is 17.6 Å². The number of rotatable bonds is 15. The van der Waals surface area contributed by atoms with E-state index >= 15 is 0 Å². The number of ether oxygens (including phenoxy) is 2. The van der Waals surface area contributed by atoms with Crippen molar-refractivity contribution in [3.63, 3.8) is 0 Å². The van der Waals surface area contributed by atoms with Crippen LogP contribution in [0.4, 0.5) is 0 Å². The maximum Gasteiger partial charge on any atom is 0.123 e. The van der Waals surface area contributed by atoms with Crippen molar-refractivity contribution >= 4 is 10.8 Å². The number of aryl methyl sites for hydroxylation is 2. The molecule has 3 aromatic carbocycles. The zero-order valence-electron chi connectivity index (χ0n) is 23.3. The first-order chi connectivity index (χ1) is 17.4. The molecule has 0 saturated heterocycles. The molecule has 0 radical (unpaired) electrons. The van der Waals surface area contributed by atoms with Crippen LogP contribution < -0.4 is 4.74 Å². The third-order valence-electron chi connectivity index (χ3n) is 7.38. The second kappa shape index (κ2) is 14.2. The summed E-state index contributed by atoms with van der Waals surface area (Å²) in [5, 5.41) is 2.57. The maximum absolute atomic E-state index is 6.09. The number of hydrogen-bond donors (Lipinski definition) is 0. The lowest BCUT2D eigenvalue weighted by Gasteiger charge is -2.16. The Labute approximate surface area is 219 Å². The molecule has 0 amide bonds. The van der Waals surface area contributed by atoms with Crippen molar-refractivity contribution in [1.29, 1.82) is 0 Å². The molecule has 0 aromatic heterocycles. The van der Waals surface area contributed by atoms with Gasteiger partial charge in [-0.3, -0.25) is 0 Å². The third-order valence-corrected chi connectivity index (χ3v) is 7.38. The number of benzene rings is 3. The molecule has 36 heavy (non-hydrogen) atoms. The first-order valence-electron chi connectivity index (χ1n) is 13.8. The second-order valence-electron chi connectivity index (χ2n) is 10.5. The summed E-state index contributed by atoms with van der Waals surface area (Å²) in [4.78, 5) is 0. The lowest BCUT2D eigenvalue weighted by molar-refractivity contribution is 0.190. The lowest BCUT2D eigenvalue weighted by Crippen LogP contribution is -2.01. The highest BCUT2D eigenvalue weighted by atomic mass is 16.5. The number of methoxy groups -OCH3 is 1. The minimum atomic E-state index is 0.675. The standard InChI is InChI=1S/C34H46O2/c1-7-36-34-24-31-16-11-15-30(22-29-18-17-27(4)28(5)21-29)33(31)23-32(34)20-26(3)14-10-13-25(2)12-8-9-19-35-6/h11,15-18,21,23-25H,3,7-10,12-14,19-20,22H2,1-2,4-6H3. The van der Waals surface area contributed by atoms with Crippen LogP contribution in [0, 0.1) is 19.8 Å². The number of hydrogen-bond acceptors (Lipinski definition) is 2. The zero-order chi connectivity index (χ0) is 25.9. The molecule has 2 heteroatoms. The van der Waals surface area contributed by atoms with Crippen LogP contribution in [0.5, 0.6) is 5.75 Å². The van der Waals surface area contributed by atoms with Gasteiger partial charge in [-0.2, -0.15) is 0 Å². The van der Waals surface area contributed by atoms with E-state index in [9.17, 15) is 0 Å². The van der Waals surface area contributed by atoms with Gasteiger partial charge in [0.15, 0.2) is 0 Å². The quantitative estimate of drug-likeness (QED) is 0.157. The van der Waals surface area contributed by atoms with E-state index in [-0.39, 0.29) is 0 Å². The van der Waals surface area contributed by atoms with Gasteiger partial charge in [-0.05, 0) is 110 Å². The molecule has 1 atom stereocenters. The zero-order valence-corrected chi connectivity index (χ0v) is 23.3. The number of allylic oxidation sites excluding steroid dienone is 1. The van der Waals surface area contributed by atoms with Gasteiger partial charge in [0.1, 0.15) is 5.75 Å². The van der Waals surface area contributed by atoms with Crippen molar-refractivity contribution in [2.45, 2.75) is 79.1 Å². The summed E-state index contributed by atoms with van der Waals surface area (Å²) in [6.07, 6.45) is 9.09. The fourth-order valence-corrected chi connectivity index (χ4v) is 5.07. The van der Waals surface area contributed by atoms with E-state index in [1.54, 1.807) is 7.11 Å². The van der Waals surface area contributed by atoms with E-state index in [0.717, 1.165) is 37.5 Å². The van der Waals surface area contributed by atoms with Gasteiger partial charge in [-0.15, -0.1) is 0 Å². The van der Waals surface area contributed by atoms with Crippen molar-refractivity contribution in [1.82, 2.24) is 0 Å². The molecule has 0 N–H and O–H groups in total. The van der Waals surface area contributed by atoms with Gasteiger partial charge in [0.25, 0.3) is 0 Å². The average molecular weight is 487 g/mol. The highest BCUT2D eigenvalue weighted by Crippen LogP contribution is 2.32. The molecule has 0 fully saturated rings. The summed E-state index contributed by atoms with van der Waals surface area (Å²) in [6, 6.07) is 18.1. The molecule has 0 aliphatic carbocycles. The Balaban J connectivity index is 1.71. The Hall–Kier alpha value is -2.58. The van der Waals surface area contributed by atoms with Crippen LogP contribution in [0.1, 0.15) is 80.2 Å². The lowest BCUT2D eigenvalue weighted by atomic mass is 9.92. The molecule has 3 aromatic rings. The first kappa shape index (κ1) is 28.0. The molecule has 3 rings (SSSR count). The van der Waals surface area contributed by atoms with E-state index in [1.165, 1.54) is 76.3 Å². The van der Waals surface area contributed by atoms with Crippen LogP contribution in [0.3, 0.4) is 0 Å². The summed E-state index contributed by atoms with van der Waals surface area (Å²) in [6.45, 7) is 14.8. The molecule has 0 aliphatic heterocycles. The summed E-state index contributed by atoms with van der Waals surface area (Å²) >= 11 is 0. The van der Waals surface area contributed by atoms with E-state index < -0.39 is 0 Å². The Morgan fingerprint density at radius 1 is 0.917 bits per heavy atom. The first-order valence-corrected chi connectivity index (χ1v) is 13.8. The van der Waals surface area contributed by atoms with Gasteiger partial charge in [-0.25, -0.2) is 0 Å². The van der Waals surface area contributed by atoms with Crippen LogP contribution in [0.25, 0.3) is 10.8 Å². The largest absolute Gasteiger partial charge is 0.494 e. The minimum Gasteiger partial charge on any atom is -0.494 e. The van der Waals surface area contributed by atoms with Gasteiger partial charge in [-0.1, -0.05) is 74.7 Å². The maximum atomic E-state index is 6.09. The van der Waals surface area contributed by atoms with Crippen molar-refractivity contribution in [3.05, 3.63) is 88.5 Å². The smallest absolute Gasteiger partial charge is 0.123 e. The highest BCUT2D eigenvalue weighted by Gasteiger charge is 2.12. The van der Waals surface area contributed by atoms with E-state index in [0.29, 0.717) is 6.61 Å². The van der Waals surface area contributed by atoms with Crippen LogP contribution >= 0.6 is 0 Å². The molecule has 194 valence electrons. The second-order valence-corrected chi connectivity index (χ2v) is 10.5. The summed E-state index contributed by atoms with van der Waals surface area (Å²) in [5.74, 6) is 1.77. The van der Waals surface area contributed by atoms with Gasteiger partial charge >= 0.3 is 0 Å². The van der Waals surface area contributed by atoms with Crippen LogP contribution in [0.2, 0.25) is 0 Å². The number of fused-ring (bicyclic) bond motifs is 1. The molecule has 2 nitrogen and oxygen atoms in total. The minimum absolute atomic E-state index is 0.675. The van der Waals surface area contributed by atoms with Crippen molar-refractivity contribution in [2.75, 3.05) is 20.3 Å². The molecule has 1 unspecified atom stereocenters. The molecule has 0 spiro atoms. The Kier molecular flexibility index (Phi) is 11.1. The molecular formula is C34H46O2. The van der Waals surface area contributed by atoms with Gasteiger partial charge < -0.3 is 9.47 Å². The van der Waals surface area contributed by atoms with Crippen LogP contribution in [-0.4, -0.2) is 20.3 Å². The molecular weight excluding hydrogens is 440 g/mol. The predicted molar refractivity (Wildman–Crippen MR) is 155 cm³/mol. The summed E-state index contributed by atoms with van der Waals surface area (Å²) in [7, 11) is 1.78. The van der Waals surface area contributed by atoms with Crippen molar-refractivity contribution in [2.24, 2.45) is 5.92 Å². The average Bonchev–Trinajstić information content (AvgIpc) is 2.85. The SMILES string of the molecule is C=C(CCCC(C)CCCCOC)Cc1cc2c(Cc3ccc(C)c(C)c3)cccc2cc1OCC. The van der Waals surface area contributed by atoms with Gasteiger partial charge in [0.05, 0.1) is 6.61 Å². The highest BCUT2D eigenvalue weighted by molar-refractivity contribution is 5.88. The number of unbranched alkanes of at least 4 members (excludes halogenated alkanes) is 1. The van der Waals surface area contributed by atoms with Gasteiger partial charge in [0.2, 0.25) is 0 Å². The predicted octanol–water partition coefficient (Wildman–Crippen LogP) is 9.17. The fourth-order valence-electron chi connectivity index (χ4n) is 5.07. The third kappa shape index (κ3) is 8.23. The van der Waals surface area contributed by atoms with Gasteiger partial charge in [0, 0.05) is 13.7 Å². The molecule has 0 heterocycles. The van der Waals surface area contributed by atoms with E-state index in [4.69, 9.17) is 9.47 Å².